The summed E-state index contributed by atoms with van der Waals surface area (Å²) in [5.74, 6) is 0.666. The zero-order chi connectivity index (χ0) is 18.6. The Morgan fingerprint density at radius 1 is 1.23 bits per heavy atom. The number of nitrogens with zero attached hydrogens (tertiary/aromatic N) is 3. The molecule has 2 rings (SSSR count). The number of rotatable bonds is 9. The number of aryl methyl sites for hydroxylation is 1. The van der Waals surface area contributed by atoms with Crippen molar-refractivity contribution in [2.45, 2.75) is 19.9 Å². The lowest BCUT2D eigenvalue weighted by atomic mass is 10.2. The van der Waals surface area contributed by atoms with E-state index in [1.807, 2.05) is 36.0 Å². The van der Waals surface area contributed by atoms with Gasteiger partial charge in [-0.2, -0.15) is 5.10 Å². The minimum atomic E-state index is -0.0886. The molecule has 1 aromatic heterocycles. The van der Waals surface area contributed by atoms with Gasteiger partial charge in [0.25, 0.3) is 5.91 Å². The second-order valence-electron chi connectivity index (χ2n) is 5.58. The van der Waals surface area contributed by atoms with E-state index in [2.05, 4.69) is 42.0 Å². The first kappa shape index (κ1) is 20.0. The maximum Gasteiger partial charge on any atom is 0.251 e. The van der Waals surface area contributed by atoms with Crippen LogP contribution in [0, 0.1) is 0 Å². The molecule has 0 fully saturated rings. The molecule has 0 radical (unpaired) electrons. The number of nitrogens with one attached hydrogen (secondary N) is 3. The minimum Gasteiger partial charge on any atom is -0.357 e. The van der Waals surface area contributed by atoms with Crippen molar-refractivity contribution in [2.24, 2.45) is 4.99 Å². The normalized spacial score (nSPS) is 11.2. The molecule has 7 nitrogen and oxygen atoms in total. The first-order valence-electron chi connectivity index (χ1n) is 8.72. The highest BCUT2D eigenvalue weighted by molar-refractivity contribution is 9.10. The molecule has 0 bridgehead atoms. The zero-order valence-electron chi connectivity index (χ0n) is 14.9. The number of hydrogen-bond donors (Lipinski definition) is 3. The third kappa shape index (κ3) is 7.26. The summed E-state index contributed by atoms with van der Waals surface area (Å²) >= 11 is 3.37. The van der Waals surface area contributed by atoms with Crippen molar-refractivity contribution < 1.29 is 4.79 Å². The van der Waals surface area contributed by atoms with Crippen LogP contribution in [0.15, 0.2) is 52.2 Å². The Morgan fingerprint density at radius 3 is 2.81 bits per heavy atom. The highest BCUT2D eigenvalue weighted by Gasteiger charge is 2.05. The summed E-state index contributed by atoms with van der Waals surface area (Å²) < 4.78 is 2.79. The van der Waals surface area contributed by atoms with Gasteiger partial charge in [0.15, 0.2) is 5.96 Å². The number of carbonyl (C=O) groups is 1. The van der Waals surface area contributed by atoms with Crippen LogP contribution in [-0.4, -0.2) is 47.8 Å². The molecule has 0 saturated heterocycles. The summed E-state index contributed by atoms with van der Waals surface area (Å²) in [7, 11) is 0. The summed E-state index contributed by atoms with van der Waals surface area (Å²) in [6, 6.07) is 9.24. The van der Waals surface area contributed by atoms with E-state index in [-0.39, 0.29) is 5.91 Å². The molecule has 0 atom stereocenters. The van der Waals surface area contributed by atoms with Gasteiger partial charge in [-0.25, -0.2) is 0 Å². The monoisotopic (exact) mass is 420 g/mol. The molecule has 0 aliphatic heterocycles. The van der Waals surface area contributed by atoms with E-state index in [9.17, 15) is 4.79 Å². The summed E-state index contributed by atoms with van der Waals surface area (Å²) in [4.78, 5) is 16.6. The van der Waals surface area contributed by atoms with Crippen molar-refractivity contribution >= 4 is 27.8 Å². The first-order valence-corrected chi connectivity index (χ1v) is 9.51. The third-order valence-corrected chi connectivity index (χ3v) is 4.00. The van der Waals surface area contributed by atoms with Crippen LogP contribution in [-0.2, 0) is 6.54 Å². The Labute approximate surface area is 162 Å². The van der Waals surface area contributed by atoms with Crippen molar-refractivity contribution in [3.8, 4) is 0 Å². The molecule has 0 aliphatic carbocycles. The Hall–Kier alpha value is -2.35. The van der Waals surface area contributed by atoms with Gasteiger partial charge in [0, 0.05) is 55.2 Å². The average molecular weight is 421 g/mol. The van der Waals surface area contributed by atoms with Crippen molar-refractivity contribution in [1.29, 1.82) is 0 Å². The molecule has 1 amide bonds. The fourth-order valence-electron chi connectivity index (χ4n) is 2.29. The fraction of sp³-hybridized carbons (Fsp3) is 0.389. The SMILES string of the molecule is CCNC(=NCCCn1cccn1)NCCNC(=O)c1cccc(Br)c1. The second kappa shape index (κ2) is 11.3. The predicted octanol–water partition coefficient (Wildman–Crippen LogP) is 2.02. The Kier molecular flexibility index (Phi) is 8.68. The van der Waals surface area contributed by atoms with Crippen molar-refractivity contribution in [3.05, 3.63) is 52.8 Å². The number of carbonyl (C=O) groups excluding carboxylic acids is 1. The van der Waals surface area contributed by atoms with Gasteiger partial charge >= 0.3 is 0 Å². The number of aromatic nitrogens is 2. The lowest BCUT2D eigenvalue weighted by Crippen LogP contribution is -2.41. The Bertz CT molecular complexity index is 701. The molecule has 3 N–H and O–H groups in total. The maximum atomic E-state index is 12.1. The van der Waals surface area contributed by atoms with E-state index < -0.39 is 0 Å². The van der Waals surface area contributed by atoms with Gasteiger partial charge in [-0.15, -0.1) is 0 Å². The van der Waals surface area contributed by atoms with Gasteiger partial charge in [0.1, 0.15) is 0 Å². The van der Waals surface area contributed by atoms with Gasteiger partial charge in [-0.05, 0) is 37.6 Å². The van der Waals surface area contributed by atoms with E-state index in [0.717, 1.165) is 29.9 Å². The summed E-state index contributed by atoms with van der Waals surface area (Å²) in [6.45, 7) is 5.48. The standard InChI is InChI=1S/C18H25BrN6O/c1-2-20-18(22-8-4-12-25-13-5-9-24-25)23-11-10-21-17(26)15-6-3-7-16(19)14-15/h3,5-7,9,13-14H,2,4,8,10-12H2,1H3,(H,21,26)(H2,20,22,23). The number of guanidine groups is 1. The molecule has 0 spiro atoms. The van der Waals surface area contributed by atoms with E-state index in [4.69, 9.17) is 0 Å². The number of hydrogen-bond acceptors (Lipinski definition) is 3. The summed E-state index contributed by atoms with van der Waals surface area (Å²) in [5, 5.41) is 13.5. The molecular weight excluding hydrogens is 396 g/mol. The minimum absolute atomic E-state index is 0.0886. The van der Waals surface area contributed by atoms with E-state index >= 15 is 0 Å². The lowest BCUT2D eigenvalue weighted by molar-refractivity contribution is 0.0954. The van der Waals surface area contributed by atoms with E-state index in [1.54, 1.807) is 18.3 Å². The van der Waals surface area contributed by atoms with Crippen molar-refractivity contribution in [2.75, 3.05) is 26.2 Å². The summed E-state index contributed by atoms with van der Waals surface area (Å²) in [5.41, 5.74) is 0.638. The van der Waals surface area contributed by atoms with Crippen LogP contribution >= 0.6 is 15.9 Å². The van der Waals surface area contributed by atoms with Crippen molar-refractivity contribution in [1.82, 2.24) is 25.7 Å². The van der Waals surface area contributed by atoms with Gasteiger partial charge in [0.05, 0.1) is 0 Å². The average Bonchev–Trinajstić information content (AvgIpc) is 3.15. The van der Waals surface area contributed by atoms with Gasteiger partial charge < -0.3 is 16.0 Å². The fourth-order valence-corrected chi connectivity index (χ4v) is 2.69. The molecular formula is C18H25BrN6O. The number of aliphatic imine (C=N–C) groups is 1. The zero-order valence-corrected chi connectivity index (χ0v) is 16.5. The second-order valence-corrected chi connectivity index (χ2v) is 6.49. The first-order chi connectivity index (χ1) is 12.7. The topological polar surface area (TPSA) is 83.3 Å². The van der Waals surface area contributed by atoms with E-state index in [0.29, 0.717) is 25.2 Å². The molecule has 2 aromatic rings. The van der Waals surface area contributed by atoms with Crippen LogP contribution in [0.3, 0.4) is 0 Å². The number of benzene rings is 1. The molecule has 8 heteroatoms. The molecule has 140 valence electrons. The molecule has 1 heterocycles. The Morgan fingerprint density at radius 2 is 2.08 bits per heavy atom. The third-order valence-electron chi connectivity index (χ3n) is 3.51. The number of amides is 1. The maximum absolute atomic E-state index is 12.1. The van der Waals surface area contributed by atoms with Crippen LogP contribution in [0.1, 0.15) is 23.7 Å². The van der Waals surface area contributed by atoms with Crippen molar-refractivity contribution in [3.63, 3.8) is 0 Å². The molecule has 1 aromatic carbocycles. The van der Waals surface area contributed by atoms with E-state index in [1.165, 1.54) is 0 Å². The summed E-state index contributed by atoms with van der Waals surface area (Å²) in [6.07, 6.45) is 4.64. The van der Waals surface area contributed by atoms with Crippen LogP contribution in [0.25, 0.3) is 0 Å². The lowest BCUT2D eigenvalue weighted by Gasteiger charge is -2.12. The van der Waals surface area contributed by atoms with Gasteiger partial charge in [-0.1, -0.05) is 22.0 Å². The molecule has 0 unspecified atom stereocenters. The smallest absolute Gasteiger partial charge is 0.251 e. The quantitative estimate of drug-likeness (QED) is 0.329. The Balaban J connectivity index is 1.68. The highest BCUT2D eigenvalue weighted by atomic mass is 79.9. The number of halogens is 1. The largest absolute Gasteiger partial charge is 0.357 e. The van der Waals surface area contributed by atoms with Crippen LogP contribution in [0.4, 0.5) is 0 Å². The molecule has 0 aliphatic rings. The van der Waals surface area contributed by atoms with Gasteiger partial charge in [0.2, 0.25) is 0 Å². The molecule has 26 heavy (non-hydrogen) atoms. The van der Waals surface area contributed by atoms with Gasteiger partial charge in [-0.3, -0.25) is 14.5 Å². The van der Waals surface area contributed by atoms with Crippen LogP contribution in [0.5, 0.6) is 0 Å². The predicted molar refractivity (Wildman–Crippen MR) is 107 cm³/mol. The highest BCUT2D eigenvalue weighted by Crippen LogP contribution is 2.11. The van der Waals surface area contributed by atoms with Crippen LogP contribution < -0.4 is 16.0 Å². The molecule has 0 saturated carbocycles. The van der Waals surface area contributed by atoms with Crippen LogP contribution in [0.2, 0.25) is 0 Å².